The molecule has 1 aliphatic heterocycles. The molecular weight excluding hydrogens is 254 g/mol. The van der Waals surface area contributed by atoms with Crippen molar-refractivity contribution >= 4 is 15.9 Å². The quantitative estimate of drug-likeness (QED) is 0.732. The fourth-order valence-electron chi connectivity index (χ4n) is 2.19. The smallest absolute Gasteiger partial charge is 0.227 e. The van der Waals surface area contributed by atoms with Crippen LogP contribution in [0, 0.1) is 5.92 Å². The molecule has 0 radical (unpaired) electrons. The van der Waals surface area contributed by atoms with E-state index in [9.17, 15) is 13.2 Å². The lowest BCUT2D eigenvalue weighted by Gasteiger charge is -2.35. The lowest BCUT2D eigenvalue weighted by molar-refractivity contribution is -0.136. The molecular formula is C11H23N3O3S. The summed E-state index contributed by atoms with van der Waals surface area (Å²) in [6.45, 7) is 4.08. The number of nitrogens with zero attached hydrogens (tertiary/aromatic N) is 2. The first-order valence-electron chi connectivity index (χ1n) is 6.34. The average Bonchev–Trinajstić information content (AvgIpc) is 2.34. The normalized spacial score (nSPS) is 19.8. The topological polar surface area (TPSA) is 83.7 Å². The zero-order valence-corrected chi connectivity index (χ0v) is 11.9. The van der Waals surface area contributed by atoms with Crippen molar-refractivity contribution in [1.29, 1.82) is 0 Å². The summed E-state index contributed by atoms with van der Waals surface area (Å²) in [5, 5.41) is 0. The van der Waals surface area contributed by atoms with Gasteiger partial charge in [0.2, 0.25) is 15.9 Å². The molecule has 18 heavy (non-hydrogen) atoms. The molecule has 0 aromatic carbocycles. The second-order valence-corrected chi connectivity index (χ2v) is 6.69. The standard InChI is InChI=1S/C11H23N3O3S/c1-3-4-10(9-12)11(15)13-5-7-14(8-6-13)18(2,16)17/h10H,3-9,12H2,1-2H3. The Kier molecular flexibility index (Phi) is 5.55. The summed E-state index contributed by atoms with van der Waals surface area (Å²) < 4.78 is 24.1. The van der Waals surface area contributed by atoms with Crippen LogP contribution in [-0.2, 0) is 14.8 Å². The molecule has 2 N–H and O–H groups in total. The predicted octanol–water partition coefficient (Wildman–Crippen LogP) is -0.535. The molecule has 0 bridgehead atoms. The van der Waals surface area contributed by atoms with Gasteiger partial charge in [-0.15, -0.1) is 0 Å². The molecule has 1 unspecified atom stereocenters. The van der Waals surface area contributed by atoms with E-state index in [-0.39, 0.29) is 11.8 Å². The highest BCUT2D eigenvalue weighted by Crippen LogP contribution is 2.13. The van der Waals surface area contributed by atoms with Crippen LogP contribution < -0.4 is 5.73 Å². The first kappa shape index (κ1) is 15.4. The minimum atomic E-state index is -3.14. The maximum Gasteiger partial charge on any atom is 0.227 e. The summed E-state index contributed by atoms with van der Waals surface area (Å²) in [6.07, 6.45) is 2.92. The van der Waals surface area contributed by atoms with Crippen LogP contribution in [0.25, 0.3) is 0 Å². The summed E-state index contributed by atoms with van der Waals surface area (Å²) in [5.74, 6) is -0.0627. The highest BCUT2D eigenvalue weighted by Gasteiger charge is 2.28. The van der Waals surface area contributed by atoms with E-state index in [1.807, 2.05) is 6.92 Å². The van der Waals surface area contributed by atoms with Crippen LogP contribution in [0.15, 0.2) is 0 Å². The van der Waals surface area contributed by atoms with E-state index >= 15 is 0 Å². The van der Waals surface area contributed by atoms with E-state index < -0.39 is 10.0 Å². The van der Waals surface area contributed by atoms with Gasteiger partial charge < -0.3 is 10.6 Å². The number of hydrogen-bond donors (Lipinski definition) is 1. The van der Waals surface area contributed by atoms with Crippen molar-refractivity contribution in [2.45, 2.75) is 19.8 Å². The third-order valence-corrected chi connectivity index (χ3v) is 4.59. The summed E-state index contributed by atoms with van der Waals surface area (Å²) in [5.41, 5.74) is 5.61. The molecule has 106 valence electrons. The monoisotopic (exact) mass is 277 g/mol. The van der Waals surface area contributed by atoms with Gasteiger partial charge in [-0.05, 0) is 6.42 Å². The SMILES string of the molecule is CCCC(CN)C(=O)N1CCN(S(C)(=O)=O)CC1. The van der Waals surface area contributed by atoms with Gasteiger partial charge in [0.05, 0.1) is 12.2 Å². The van der Waals surface area contributed by atoms with E-state index in [4.69, 9.17) is 5.73 Å². The molecule has 1 amide bonds. The molecule has 0 spiro atoms. The van der Waals surface area contributed by atoms with Crippen molar-refractivity contribution in [2.75, 3.05) is 39.0 Å². The van der Waals surface area contributed by atoms with E-state index in [1.165, 1.54) is 10.6 Å². The number of carbonyl (C=O) groups excluding carboxylic acids is 1. The number of piperazine rings is 1. The number of sulfonamides is 1. The lowest BCUT2D eigenvalue weighted by Crippen LogP contribution is -2.52. The number of nitrogens with two attached hydrogens (primary N) is 1. The number of carbonyl (C=O) groups is 1. The third kappa shape index (κ3) is 3.93. The lowest BCUT2D eigenvalue weighted by atomic mass is 10.0. The largest absolute Gasteiger partial charge is 0.340 e. The molecule has 7 heteroatoms. The van der Waals surface area contributed by atoms with Crippen LogP contribution in [0.2, 0.25) is 0 Å². The Balaban J connectivity index is 2.54. The molecule has 0 aliphatic carbocycles. The Morgan fingerprint density at radius 1 is 1.28 bits per heavy atom. The van der Waals surface area contributed by atoms with E-state index in [2.05, 4.69) is 0 Å². The molecule has 1 fully saturated rings. The first-order valence-corrected chi connectivity index (χ1v) is 8.19. The van der Waals surface area contributed by atoms with Crippen LogP contribution in [0.3, 0.4) is 0 Å². The van der Waals surface area contributed by atoms with Gasteiger partial charge in [-0.25, -0.2) is 8.42 Å². The molecule has 6 nitrogen and oxygen atoms in total. The second kappa shape index (κ2) is 6.49. The van der Waals surface area contributed by atoms with Crippen molar-refractivity contribution < 1.29 is 13.2 Å². The Morgan fingerprint density at radius 2 is 1.83 bits per heavy atom. The predicted molar refractivity (Wildman–Crippen MR) is 70.4 cm³/mol. The van der Waals surface area contributed by atoms with Crippen LogP contribution in [0.1, 0.15) is 19.8 Å². The minimum absolute atomic E-state index is 0.0625. The number of rotatable bonds is 5. The fraction of sp³-hybridized carbons (Fsp3) is 0.909. The highest BCUT2D eigenvalue weighted by atomic mass is 32.2. The summed E-state index contributed by atoms with van der Waals surface area (Å²) in [6, 6.07) is 0. The van der Waals surface area contributed by atoms with E-state index in [1.54, 1.807) is 4.90 Å². The Labute approximate surface area is 109 Å². The van der Waals surface area contributed by atoms with E-state index in [0.29, 0.717) is 32.7 Å². The number of hydrogen-bond acceptors (Lipinski definition) is 4. The molecule has 1 rings (SSSR count). The van der Waals surface area contributed by atoms with Crippen LogP contribution >= 0.6 is 0 Å². The van der Waals surface area contributed by atoms with Crippen molar-refractivity contribution in [3.05, 3.63) is 0 Å². The second-order valence-electron chi connectivity index (χ2n) is 4.71. The van der Waals surface area contributed by atoms with Crippen LogP contribution in [0.5, 0.6) is 0 Å². The molecule has 1 saturated heterocycles. The van der Waals surface area contributed by atoms with E-state index in [0.717, 1.165) is 12.8 Å². The van der Waals surface area contributed by atoms with Crippen LogP contribution in [0.4, 0.5) is 0 Å². The molecule has 1 atom stereocenters. The Morgan fingerprint density at radius 3 is 2.22 bits per heavy atom. The third-order valence-electron chi connectivity index (χ3n) is 3.29. The van der Waals surface area contributed by atoms with Gasteiger partial charge in [-0.3, -0.25) is 4.79 Å². The van der Waals surface area contributed by atoms with Crippen molar-refractivity contribution in [2.24, 2.45) is 11.7 Å². The van der Waals surface area contributed by atoms with Gasteiger partial charge in [-0.1, -0.05) is 13.3 Å². The highest BCUT2D eigenvalue weighted by molar-refractivity contribution is 7.88. The van der Waals surface area contributed by atoms with Crippen molar-refractivity contribution in [3.63, 3.8) is 0 Å². The minimum Gasteiger partial charge on any atom is -0.340 e. The summed E-state index contributed by atoms with van der Waals surface area (Å²) in [4.78, 5) is 13.9. The molecule has 1 heterocycles. The molecule has 0 saturated carbocycles. The Bertz CT molecular complexity index is 375. The maximum atomic E-state index is 12.2. The van der Waals surface area contributed by atoms with Gasteiger partial charge in [0.15, 0.2) is 0 Å². The van der Waals surface area contributed by atoms with Gasteiger partial charge in [-0.2, -0.15) is 4.31 Å². The molecule has 1 aliphatic rings. The fourth-order valence-corrected chi connectivity index (χ4v) is 3.02. The van der Waals surface area contributed by atoms with Gasteiger partial charge in [0, 0.05) is 32.7 Å². The zero-order valence-electron chi connectivity index (χ0n) is 11.1. The Hall–Kier alpha value is -0.660. The summed E-state index contributed by atoms with van der Waals surface area (Å²) >= 11 is 0. The first-order chi connectivity index (χ1) is 8.40. The zero-order chi connectivity index (χ0) is 13.8. The van der Waals surface area contributed by atoms with Gasteiger partial charge in [0.25, 0.3) is 0 Å². The summed E-state index contributed by atoms with van der Waals surface area (Å²) in [7, 11) is -3.14. The number of amides is 1. The van der Waals surface area contributed by atoms with Crippen LogP contribution in [-0.4, -0.2) is 62.5 Å². The van der Waals surface area contributed by atoms with Crippen molar-refractivity contribution in [1.82, 2.24) is 9.21 Å². The molecule has 0 aromatic heterocycles. The van der Waals surface area contributed by atoms with Gasteiger partial charge >= 0.3 is 0 Å². The van der Waals surface area contributed by atoms with Crippen molar-refractivity contribution in [3.8, 4) is 0 Å². The average molecular weight is 277 g/mol. The maximum absolute atomic E-state index is 12.2. The molecule has 0 aromatic rings. The van der Waals surface area contributed by atoms with Gasteiger partial charge in [0.1, 0.15) is 0 Å².